The Hall–Kier alpha value is -2.59. The highest BCUT2D eigenvalue weighted by atomic mass is 28.3. The molecular weight excluding hydrogens is 494 g/mol. The molecule has 3 heterocycles. The van der Waals surface area contributed by atoms with Crippen molar-refractivity contribution in [1.29, 1.82) is 0 Å². The number of anilines is 1. The van der Waals surface area contributed by atoms with E-state index >= 15 is 0 Å². The summed E-state index contributed by atoms with van der Waals surface area (Å²) >= 11 is 0. The molecule has 9 heteroatoms. The third-order valence-electron chi connectivity index (χ3n) is 7.13. The molecular formula is C29H43N5O3Si. The number of β-amino-alcohol motifs (C(OH)–C–C–N with tert-alkyl or cyclic N) is 1. The first-order chi connectivity index (χ1) is 18.1. The number of fused-ring (bicyclic) bond motifs is 1. The smallest absolute Gasteiger partial charge is 0.160 e. The molecule has 2 aromatic heterocycles. The first-order valence-electron chi connectivity index (χ1n) is 13.7. The lowest BCUT2D eigenvalue weighted by molar-refractivity contribution is -0.114. The van der Waals surface area contributed by atoms with E-state index in [4.69, 9.17) is 14.7 Å². The van der Waals surface area contributed by atoms with Gasteiger partial charge in [0.25, 0.3) is 0 Å². The monoisotopic (exact) mass is 537 g/mol. The van der Waals surface area contributed by atoms with Crippen molar-refractivity contribution in [3.8, 4) is 11.3 Å². The van der Waals surface area contributed by atoms with Gasteiger partial charge in [0, 0.05) is 70.3 Å². The van der Waals surface area contributed by atoms with E-state index < -0.39 is 13.5 Å². The fourth-order valence-electron chi connectivity index (χ4n) is 4.79. The fourth-order valence-corrected chi connectivity index (χ4v) is 5.55. The summed E-state index contributed by atoms with van der Waals surface area (Å²) in [6, 6.07) is 9.59. The molecule has 206 valence electrons. The molecule has 0 amide bonds. The predicted molar refractivity (Wildman–Crippen MR) is 156 cm³/mol. The lowest BCUT2D eigenvalue weighted by Gasteiger charge is -2.35. The lowest BCUT2D eigenvalue weighted by atomic mass is 9.88. The van der Waals surface area contributed by atoms with Gasteiger partial charge < -0.3 is 24.1 Å². The van der Waals surface area contributed by atoms with Crippen LogP contribution in [0.25, 0.3) is 22.4 Å². The second-order valence-electron chi connectivity index (χ2n) is 12.3. The molecule has 8 nitrogen and oxygen atoms in total. The number of nitrogens with zero attached hydrogens (tertiary/aromatic N) is 5. The van der Waals surface area contributed by atoms with Gasteiger partial charge in [0.05, 0.1) is 18.5 Å². The predicted octanol–water partition coefficient (Wildman–Crippen LogP) is 4.29. The average molecular weight is 538 g/mol. The largest absolute Gasteiger partial charge is 0.395 e. The number of aldehydes is 1. The number of rotatable bonds is 12. The minimum Gasteiger partial charge on any atom is -0.395 e. The fraction of sp³-hybridized carbons (Fsp3) is 0.552. The van der Waals surface area contributed by atoms with E-state index in [1.807, 2.05) is 24.6 Å². The summed E-state index contributed by atoms with van der Waals surface area (Å²) < 4.78 is 8.05. The van der Waals surface area contributed by atoms with Crippen LogP contribution in [0.2, 0.25) is 25.7 Å². The molecule has 0 aliphatic carbocycles. The minimum absolute atomic E-state index is 0.203. The van der Waals surface area contributed by atoms with Gasteiger partial charge in [0.1, 0.15) is 18.5 Å². The van der Waals surface area contributed by atoms with Crippen LogP contribution in [-0.2, 0) is 22.7 Å². The minimum atomic E-state index is -1.17. The summed E-state index contributed by atoms with van der Waals surface area (Å²) in [5.41, 5.74) is 5.15. The molecule has 0 atom stereocenters. The van der Waals surface area contributed by atoms with Gasteiger partial charge in [-0.15, -0.1) is 0 Å². The zero-order valence-electron chi connectivity index (χ0n) is 23.6. The van der Waals surface area contributed by atoms with Crippen molar-refractivity contribution in [1.82, 2.24) is 19.4 Å². The number of carbonyl (C=O) groups excluding carboxylic acids is 1. The molecule has 1 aliphatic heterocycles. The average Bonchev–Trinajstić information content (AvgIpc) is 3.22. The Balaban J connectivity index is 1.59. The molecule has 1 fully saturated rings. The van der Waals surface area contributed by atoms with Crippen molar-refractivity contribution >= 4 is 31.2 Å². The van der Waals surface area contributed by atoms with E-state index in [1.165, 1.54) is 5.69 Å². The summed E-state index contributed by atoms with van der Waals surface area (Å²) in [4.78, 5) is 26.3. The Kier molecular flexibility index (Phi) is 9.02. The van der Waals surface area contributed by atoms with Crippen LogP contribution in [0.5, 0.6) is 0 Å². The highest BCUT2D eigenvalue weighted by Gasteiger charge is 2.23. The van der Waals surface area contributed by atoms with Crippen molar-refractivity contribution < 1.29 is 14.6 Å². The summed E-state index contributed by atoms with van der Waals surface area (Å²) in [5.74, 6) is 0. The SMILES string of the molecule is CC(C)(C=O)Cc1cn(COCC[Si](C)(C)C)c2ncc(-c3cccc(N4CCN(CCO)CC4)c3)nc12. The molecule has 0 unspecified atom stereocenters. The third kappa shape index (κ3) is 7.28. The molecule has 0 bridgehead atoms. The number of aliphatic hydroxyl groups is 1. The molecule has 1 aromatic carbocycles. The number of hydrogen-bond acceptors (Lipinski definition) is 7. The normalized spacial score (nSPS) is 15.4. The Bertz CT molecular complexity index is 1230. The van der Waals surface area contributed by atoms with Crippen LogP contribution in [0.4, 0.5) is 5.69 Å². The number of carbonyl (C=O) groups is 1. The van der Waals surface area contributed by atoms with Crippen LogP contribution < -0.4 is 4.90 Å². The maximum absolute atomic E-state index is 11.7. The number of aromatic nitrogens is 3. The first-order valence-corrected chi connectivity index (χ1v) is 17.4. The van der Waals surface area contributed by atoms with Crippen molar-refractivity contribution in [3.63, 3.8) is 0 Å². The second-order valence-corrected chi connectivity index (χ2v) is 17.9. The molecule has 38 heavy (non-hydrogen) atoms. The molecule has 0 spiro atoms. The zero-order chi connectivity index (χ0) is 27.3. The highest BCUT2D eigenvalue weighted by Crippen LogP contribution is 2.29. The lowest BCUT2D eigenvalue weighted by Crippen LogP contribution is -2.47. The van der Waals surface area contributed by atoms with E-state index in [2.05, 4.69) is 59.9 Å². The van der Waals surface area contributed by atoms with E-state index in [0.29, 0.717) is 13.2 Å². The standard InChI is InChI=1S/C29H43N5O3Si/c1-29(2,21-36)18-24-20-34(22-37-15-16-38(3,4)5)28-27(24)31-26(19-30-28)23-7-6-8-25(17-23)33-11-9-32(10-12-33)13-14-35/h6-8,17,19-21,35H,9-16,18,22H2,1-5H3. The topological polar surface area (TPSA) is 83.7 Å². The molecule has 4 rings (SSSR count). The van der Waals surface area contributed by atoms with E-state index in [9.17, 15) is 9.90 Å². The number of piperazine rings is 1. The van der Waals surface area contributed by atoms with Crippen LogP contribution in [-0.4, -0.2) is 84.8 Å². The second kappa shape index (κ2) is 12.1. The maximum atomic E-state index is 11.7. The van der Waals surface area contributed by atoms with E-state index in [1.54, 1.807) is 0 Å². The van der Waals surface area contributed by atoms with Gasteiger partial charge in [-0.25, -0.2) is 9.97 Å². The van der Waals surface area contributed by atoms with Gasteiger partial charge >= 0.3 is 0 Å². The van der Waals surface area contributed by atoms with Crippen molar-refractivity contribution in [2.24, 2.45) is 5.41 Å². The molecule has 3 aromatic rings. The number of benzene rings is 1. The molecule has 1 aliphatic rings. The van der Waals surface area contributed by atoms with Crippen LogP contribution in [0.15, 0.2) is 36.7 Å². The van der Waals surface area contributed by atoms with Gasteiger partial charge in [-0.2, -0.15) is 0 Å². The Morgan fingerprint density at radius 1 is 1.16 bits per heavy atom. The maximum Gasteiger partial charge on any atom is 0.160 e. The Morgan fingerprint density at radius 3 is 2.61 bits per heavy atom. The van der Waals surface area contributed by atoms with E-state index in [0.717, 1.165) is 79.6 Å². The summed E-state index contributed by atoms with van der Waals surface area (Å²) in [5, 5.41) is 9.23. The summed E-state index contributed by atoms with van der Waals surface area (Å²) in [6.07, 6.45) is 5.50. The molecule has 0 saturated carbocycles. The zero-order valence-corrected chi connectivity index (χ0v) is 24.6. The Morgan fingerprint density at radius 2 is 1.92 bits per heavy atom. The van der Waals surface area contributed by atoms with Crippen molar-refractivity contribution in [2.75, 3.05) is 50.8 Å². The van der Waals surface area contributed by atoms with Crippen molar-refractivity contribution in [2.45, 2.75) is 52.7 Å². The first kappa shape index (κ1) is 28.4. The quantitative estimate of drug-likeness (QED) is 0.210. The number of hydrogen-bond donors (Lipinski definition) is 1. The summed E-state index contributed by atoms with van der Waals surface area (Å²) in [6.45, 7) is 16.8. The van der Waals surface area contributed by atoms with Gasteiger partial charge in [-0.05, 0) is 30.2 Å². The van der Waals surface area contributed by atoms with Gasteiger partial charge in [-0.1, -0.05) is 45.6 Å². The van der Waals surface area contributed by atoms with Crippen LogP contribution in [0.1, 0.15) is 19.4 Å². The van der Waals surface area contributed by atoms with Gasteiger partial charge in [0.2, 0.25) is 0 Å². The number of aliphatic hydroxyl groups excluding tert-OH is 1. The molecule has 0 radical (unpaired) electrons. The number of ether oxygens (including phenoxy) is 1. The van der Waals surface area contributed by atoms with Gasteiger partial charge in [-0.3, -0.25) is 4.90 Å². The van der Waals surface area contributed by atoms with Crippen molar-refractivity contribution in [3.05, 3.63) is 42.2 Å². The highest BCUT2D eigenvalue weighted by molar-refractivity contribution is 6.76. The van der Waals surface area contributed by atoms with Crippen LogP contribution in [0, 0.1) is 5.41 Å². The van der Waals surface area contributed by atoms with Crippen LogP contribution in [0.3, 0.4) is 0 Å². The Labute approximate surface area is 227 Å². The molecule has 1 saturated heterocycles. The summed E-state index contributed by atoms with van der Waals surface area (Å²) in [7, 11) is -1.17. The molecule has 1 N–H and O–H groups in total. The van der Waals surface area contributed by atoms with E-state index in [-0.39, 0.29) is 6.61 Å². The van der Waals surface area contributed by atoms with Gasteiger partial charge in [0.15, 0.2) is 5.65 Å². The third-order valence-corrected chi connectivity index (χ3v) is 8.83. The van der Waals surface area contributed by atoms with Crippen LogP contribution >= 0.6 is 0 Å².